The number of hydrogen-bond donors (Lipinski definition) is 2. The molecule has 31 heavy (non-hydrogen) atoms. The van der Waals surface area contributed by atoms with Gasteiger partial charge in [-0.2, -0.15) is 0 Å². The van der Waals surface area contributed by atoms with E-state index in [1.54, 1.807) is 11.3 Å². The lowest BCUT2D eigenvalue weighted by molar-refractivity contribution is 0.0940. The number of hydrogen-bond acceptors (Lipinski definition) is 3. The second kappa shape index (κ2) is 9.06. The van der Waals surface area contributed by atoms with Crippen molar-refractivity contribution in [3.05, 3.63) is 87.3 Å². The van der Waals surface area contributed by atoms with Gasteiger partial charge in [0.1, 0.15) is 5.00 Å². The zero-order valence-corrected chi connectivity index (χ0v) is 19.0. The van der Waals surface area contributed by atoms with Crippen LogP contribution in [0, 0.1) is 12.8 Å². The monoisotopic (exact) mass is 432 g/mol. The summed E-state index contributed by atoms with van der Waals surface area (Å²) in [7, 11) is 0. The highest BCUT2D eigenvalue weighted by Gasteiger charge is 2.29. The van der Waals surface area contributed by atoms with Gasteiger partial charge in [0, 0.05) is 10.4 Å². The predicted molar refractivity (Wildman–Crippen MR) is 127 cm³/mol. The molecule has 0 fully saturated rings. The maximum atomic E-state index is 13.4. The molecule has 0 saturated carbocycles. The summed E-state index contributed by atoms with van der Waals surface area (Å²) in [5, 5.41) is 6.85. The maximum Gasteiger partial charge on any atom is 0.256 e. The number of thiophene rings is 1. The minimum Gasteiger partial charge on any atom is -0.345 e. The highest BCUT2D eigenvalue weighted by Crippen LogP contribution is 2.40. The third kappa shape index (κ3) is 4.57. The van der Waals surface area contributed by atoms with Gasteiger partial charge in [0.2, 0.25) is 0 Å². The van der Waals surface area contributed by atoms with Gasteiger partial charge in [-0.05, 0) is 61.8 Å². The Kier molecular flexibility index (Phi) is 6.23. The van der Waals surface area contributed by atoms with Crippen molar-refractivity contribution in [3.8, 4) is 0 Å². The quantitative estimate of drug-likeness (QED) is 0.525. The molecule has 0 spiro atoms. The number of anilines is 1. The van der Waals surface area contributed by atoms with E-state index in [9.17, 15) is 9.59 Å². The predicted octanol–water partition coefficient (Wildman–Crippen LogP) is 5.92. The van der Waals surface area contributed by atoms with Gasteiger partial charge in [0.15, 0.2) is 0 Å². The summed E-state index contributed by atoms with van der Waals surface area (Å²) in [5.74, 6) is 0.295. The summed E-state index contributed by atoms with van der Waals surface area (Å²) < 4.78 is 0. The summed E-state index contributed by atoms with van der Waals surface area (Å²) in [6.45, 7) is 6.15. The molecule has 2 N–H and O–H groups in total. The summed E-state index contributed by atoms with van der Waals surface area (Å²) in [4.78, 5) is 27.6. The van der Waals surface area contributed by atoms with Crippen LogP contribution in [0.25, 0.3) is 0 Å². The summed E-state index contributed by atoms with van der Waals surface area (Å²) in [6.07, 6.45) is 2.88. The second-order valence-corrected chi connectivity index (χ2v) is 9.54. The number of aryl methyl sites for hydroxylation is 1. The number of carbonyl (C=O) groups is 2. The van der Waals surface area contributed by atoms with E-state index in [1.165, 1.54) is 4.88 Å². The molecule has 2 atom stereocenters. The molecule has 5 heteroatoms. The number of amides is 2. The molecule has 0 unspecified atom stereocenters. The third-order valence-electron chi connectivity index (χ3n) is 6.00. The lowest BCUT2D eigenvalue weighted by Gasteiger charge is -2.20. The van der Waals surface area contributed by atoms with Gasteiger partial charge < -0.3 is 10.6 Å². The Morgan fingerprint density at radius 2 is 1.74 bits per heavy atom. The molecular formula is C26H28N2O2S. The van der Waals surface area contributed by atoms with Crippen LogP contribution in [0.3, 0.4) is 0 Å². The van der Waals surface area contributed by atoms with E-state index in [0.717, 1.165) is 36.0 Å². The Morgan fingerprint density at radius 1 is 1.03 bits per heavy atom. The molecular weight excluding hydrogens is 404 g/mol. The first-order valence-corrected chi connectivity index (χ1v) is 11.6. The zero-order chi connectivity index (χ0) is 22.0. The first-order chi connectivity index (χ1) is 14.9. The van der Waals surface area contributed by atoms with Crippen LogP contribution < -0.4 is 10.6 Å². The topological polar surface area (TPSA) is 58.2 Å². The molecule has 1 aromatic heterocycles. The van der Waals surface area contributed by atoms with Crippen LogP contribution in [0.2, 0.25) is 0 Å². The van der Waals surface area contributed by atoms with Crippen LogP contribution >= 0.6 is 11.3 Å². The van der Waals surface area contributed by atoms with Gasteiger partial charge in [-0.25, -0.2) is 0 Å². The Balaban J connectivity index is 1.65. The minimum absolute atomic E-state index is 0.119. The van der Waals surface area contributed by atoms with Crippen LogP contribution in [0.15, 0.2) is 54.6 Å². The fourth-order valence-corrected chi connectivity index (χ4v) is 5.57. The van der Waals surface area contributed by atoms with Gasteiger partial charge >= 0.3 is 0 Å². The van der Waals surface area contributed by atoms with Crippen LogP contribution in [-0.2, 0) is 12.8 Å². The molecule has 0 radical (unpaired) electrons. The van der Waals surface area contributed by atoms with E-state index >= 15 is 0 Å². The molecule has 1 heterocycles. The molecule has 0 saturated heterocycles. The molecule has 1 aliphatic rings. The Bertz CT molecular complexity index is 1100. The summed E-state index contributed by atoms with van der Waals surface area (Å²) >= 11 is 1.55. The van der Waals surface area contributed by atoms with Crippen LogP contribution in [0.1, 0.15) is 68.6 Å². The van der Waals surface area contributed by atoms with Gasteiger partial charge in [-0.1, -0.05) is 55.5 Å². The fourth-order valence-electron chi connectivity index (χ4n) is 4.17. The average Bonchev–Trinajstić information content (AvgIpc) is 3.11. The van der Waals surface area contributed by atoms with Gasteiger partial charge in [0.25, 0.3) is 11.8 Å². The summed E-state index contributed by atoms with van der Waals surface area (Å²) in [6, 6.07) is 17.3. The largest absolute Gasteiger partial charge is 0.345 e. The highest BCUT2D eigenvalue weighted by atomic mass is 32.1. The van der Waals surface area contributed by atoms with Crippen molar-refractivity contribution < 1.29 is 9.59 Å². The SMILES string of the molecule is Cc1ccccc1C(=O)Nc1sc2c(c1C(=O)N[C@H](C)c1ccccc1)CC[C@@H](C)C2. The van der Waals surface area contributed by atoms with Crippen molar-refractivity contribution in [1.29, 1.82) is 0 Å². The zero-order valence-electron chi connectivity index (χ0n) is 18.2. The molecule has 1 aliphatic carbocycles. The molecule has 160 valence electrons. The van der Waals surface area contributed by atoms with Crippen molar-refractivity contribution in [2.24, 2.45) is 5.92 Å². The molecule has 2 amide bonds. The van der Waals surface area contributed by atoms with Crippen molar-refractivity contribution in [3.63, 3.8) is 0 Å². The summed E-state index contributed by atoms with van der Waals surface area (Å²) in [5.41, 5.74) is 4.33. The van der Waals surface area contributed by atoms with E-state index in [2.05, 4.69) is 17.6 Å². The molecule has 0 aliphatic heterocycles. The van der Waals surface area contributed by atoms with Crippen LogP contribution in [0.4, 0.5) is 5.00 Å². The van der Waals surface area contributed by atoms with E-state index in [4.69, 9.17) is 0 Å². The number of nitrogens with one attached hydrogen (secondary N) is 2. The first kappa shape index (κ1) is 21.3. The normalized spacial score (nSPS) is 16.3. The molecule has 4 rings (SSSR count). The number of benzene rings is 2. The number of fused-ring (bicyclic) bond motifs is 1. The Labute approximate surface area is 187 Å². The van der Waals surface area contributed by atoms with Crippen molar-refractivity contribution in [2.45, 2.75) is 46.1 Å². The van der Waals surface area contributed by atoms with Gasteiger partial charge in [0.05, 0.1) is 11.6 Å². The molecule has 3 aromatic rings. The highest BCUT2D eigenvalue weighted by molar-refractivity contribution is 7.17. The maximum absolute atomic E-state index is 13.4. The Hall–Kier alpha value is -2.92. The van der Waals surface area contributed by atoms with Crippen molar-refractivity contribution >= 4 is 28.2 Å². The lowest BCUT2D eigenvalue weighted by Crippen LogP contribution is -2.28. The minimum atomic E-state index is -0.171. The van der Waals surface area contributed by atoms with Gasteiger partial charge in [-0.15, -0.1) is 11.3 Å². The lowest BCUT2D eigenvalue weighted by atomic mass is 9.88. The van der Waals surface area contributed by atoms with Crippen LogP contribution in [0.5, 0.6) is 0 Å². The van der Waals surface area contributed by atoms with Crippen molar-refractivity contribution in [1.82, 2.24) is 5.32 Å². The van der Waals surface area contributed by atoms with Crippen molar-refractivity contribution in [2.75, 3.05) is 5.32 Å². The van der Waals surface area contributed by atoms with E-state index in [1.807, 2.05) is 68.4 Å². The Morgan fingerprint density at radius 3 is 2.48 bits per heavy atom. The average molecular weight is 433 g/mol. The van der Waals surface area contributed by atoms with Gasteiger partial charge in [-0.3, -0.25) is 9.59 Å². The number of carbonyl (C=O) groups excluding carboxylic acids is 2. The molecule has 4 nitrogen and oxygen atoms in total. The van der Waals surface area contributed by atoms with E-state index < -0.39 is 0 Å². The second-order valence-electron chi connectivity index (χ2n) is 8.43. The number of rotatable bonds is 5. The third-order valence-corrected chi connectivity index (χ3v) is 7.17. The molecule has 2 aromatic carbocycles. The first-order valence-electron chi connectivity index (χ1n) is 10.8. The fraction of sp³-hybridized carbons (Fsp3) is 0.308. The van der Waals surface area contributed by atoms with E-state index in [-0.39, 0.29) is 17.9 Å². The standard InChI is InChI=1S/C26H28N2O2S/c1-16-13-14-21-22(15-16)31-26(28-24(29)20-12-8-7-9-17(20)2)23(21)25(30)27-18(3)19-10-5-4-6-11-19/h4-12,16,18H,13-15H2,1-3H3,(H,27,30)(H,28,29)/t16-,18-/m1/s1. The van der Waals surface area contributed by atoms with Crippen LogP contribution in [-0.4, -0.2) is 11.8 Å². The molecule has 0 bridgehead atoms. The van der Waals surface area contributed by atoms with E-state index in [0.29, 0.717) is 22.0 Å². The smallest absolute Gasteiger partial charge is 0.256 e.